The molecule has 0 aliphatic heterocycles. The van der Waals surface area contributed by atoms with Crippen molar-refractivity contribution in [3.05, 3.63) is 29.8 Å². The summed E-state index contributed by atoms with van der Waals surface area (Å²) in [5.74, 6) is 0.908. The lowest BCUT2D eigenvalue weighted by Gasteiger charge is -2.16. The first kappa shape index (κ1) is 17.7. The van der Waals surface area contributed by atoms with E-state index >= 15 is 0 Å². The lowest BCUT2D eigenvalue weighted by atomic mass is 9.94. The maximum atomic E-state index is 12.1. The number of hydrogen-bond donors (Lipinski definition) is 2. The Morgan fingerprint density at radius 1 is 1.24 bits per heavy atom. The van der Waals surface area contributed by atoms with Gasteiger partial charge in [0, 0.05) is 12.1 Å². The van der Waals surface area contributed by atoms with Crippen LogP contribution in [0.3, 0.4) is 0 Å². The van der Waals surface area contributed by atoms with Crippen LogP contribution in [0.4, 0.5) is 5.69 Å². The van der Waals surface area contributed by atoms with Gasteiger partial charge < -0.3 is 11.1 Å². The molecule has 1 rings (SSSR count). The van der Waals surface area contributed by atoms with E-state index in [-0.39, 0.29) is 11.8 Å². The van der Waals surface area contributed by atoms with E-state index in [1.807, 2.05) is 12.1 Å². The molecule has 0 aliphatic carbocycles. The average molecular weight is 290 g/mol. The molecule has 0 spiro atoms. The zero-order valence-electron chi connectivity index (χ0n) is 13.7. The Labute approximate surface area is 129 Å². The standard InChI is InChI=1S/C18H30N2O/c1-4-5-6-15-7-9-17(10-8-15)20-18(21)12-16(13-19)11-14(2)3/h7-10,14,16H,4-6,11-13,19H2,1-3H3,(H,20,21). The number of anilines is 1. The second-order valence-electron chi connectivity index (χ2n) is 6.28. The van der Waals surface area contributed by atoms with Gasteiger partial charge in [0.1, 0.15) is 0 Å². The summed E-state index contributed by atoms with van der Waals surface area (Å²) in [6, 6.07) is 8.17. The number of aryl methyl sites for hydroxylation is 1. The molecule has 0 saturated heterocycles. The second kappa shape index (κ2) is 9.56. The maximum Gasteiger partial charge on any atom is 0.224 e. The van der Waals surface area contributed by atoms with Crippen molar-refractivity contribution in [3.63, 3.8) is 0 Å². The molecule has 3 N–H and O–H groups in total. The summed E-state index contributed by atoms with van der Waals surface area (Å²) in [5.41, 5.74) is 7.95. The monoisotopic (exact) mass is 290 g/mol. The molecule has 3 nitrogen and oxygen atoms in total. The first-order valence-electron chi connectivity index (χ1n) is 8.14. The van der Waals surface area contributed by atoms with Gasteiger partial charge >= 0.3 is 0 Å². The molecule has 0 heterocycles. The minimum Gasteiger partial charge on any atom is -0.330 e. The zero-order chi connectivity index (χ0) is 15.7. The Bertz CT molecular complexity index is 412. The summed E-state index contributed by atoms with van der Waals surface area (Å²) in [6.45, 7) is 7.09. The Kier molecular flexibility index (Phi) is 8.06. The van der Waals surface area contributed by atoms with Gasteiger partial charge in [-0.25, -0.2) is 0 Å². The number of nitrogens with one attached hydrogen (secondary N) is 1. The van der Waals surface area contributed by atoms with Crippen LogP contribution in [0.5, 0.6) is 0 Å². The van der Waals surface area contributed by atoms with Gasteiger partial charge in [-0.05, 0) is 55.3 Å². The fraction of sp³-hybridized carbons (Fsp3) is 0.611. The Morgan fingerprint density at radius 2 is 1.90 bits per heavy atom. The van der Waals surface area contributed by atoms with E-state index < -0.39 is 0 Å². The highest BCUT2D eigenvalue weighted by Crippen LogP contribution is 2.16. The summed E-state index contributed by atoms with van der Waals surface area (Å²) in [6.07, 6.45) is 5.02. The number of hydrogen-bond acceptors (Lipinski definition) is 2. The van der Waals surface area contributed by atoms with Crippen molar-refractivity contribution in [2.45, 2.75) is 52.9 Å². The van der Waals surface area contributed by atoms with Crippen LogP contribution in [0.2, 0.25) is 0 Å². The number of nitrogens with two attached hydrogens (primary N) is 1. The SMILES string of the molecule is CCCCc1ccc(NC(=O)CC(CN)CC(C)C)cc1. The fourth-order valence-electron chi connectivity index (χ4n) is 2.54. The number of benzene rings is 1. The molecular formula is C18H30N2O. The van der Waals surface area contributed by atoms with E-state index in [4.69, 9.17) is 5.73 Å². The summed E-state index contributed by atoms with van der Waals surface area (Å²) < 4.78 is 0. The van der Waals surface area contributed by atoms with Crippen LogP contribution in [0.15, 0.2) is 24.3 Å². The number of rotatable bonds is 9. The van der Waals surface area contributed by atoms with Crippen molar-refractivity contribution in [2.24, 2.45) is 17.6 Å². The number of carbonyl (C=O) groups excluding carboxylic acids is 1. The van der Waals surface area contributed by atoms with Gasteiger partial charge in [0.15, 0.2) is 0 Å². The fourth-order valence-corrected chi connectivity index (χ4v) is 2.54. The third kappa shape index (κ3) is 7.28. The predicted molar refractivity (Wildman–Crippen MR) is 90.3 cm³/mol. The molecule has 0 aliphatic rings. The first-order valence-corrected chi connectivity index (χ1v) is 8.14. The minimum absolute atomic E-state index is 0.0624. The van der Waals surface area contributed by atoms with E-state index in [0.29, 0.717) is 18.9 Å². The molecule has 0 aromatic heterocycles. The maximum absolute atomic E-state index is 12.1. The molecule has 118 valence electrons. The molecule has 3 heteroatoms. The van der Waals surface area contributed by atoms with Crippen LogP contribution in [-0.2, 0) is 11.2 Å². The summed E-state index contributed by atoms with van der Waals surface area (Å²) in [4.78, 5) is 12.1. The highest BCUT2D eigenvalue weighted by molar-refractivity contribution is 5.90. The van der Waals surface area contributed by atoms with Crippen molar-refractivity contribution in [1.82, 2.24) is 0 Å². The number of amides is 1. The third-order valence-electron chi connectivity index (χ3n) is 3.67. The van der Waals surface area contributed by atoms with Crippen LogP contribution in [-0.4, -0.2) is 12.5 Å². The van der Waals surface area contributed by atoms with Gasteiger partial charge in [-0.15, -0.1) is 0 Å². The highest BCUT2D eigenvalue weighted by atomic mass is 16.1. The molecule has 0 fully saturated rings. The molecule has 1 unspecified atom stereocenters. The van der Waals surface area contributed by atoms with Crippen molar-refractivity contribution in [3.8, 4) is 0 Å². The van der Waals surface area contributed by atoms with Gasteiger partial charge in [-0.1, -0.05) is 39.3 Å². The van der Waals surface area contributed by atoms with Crippen molar-refractivity contribution < 1.29 is 4.79 Å². The second-order valence-corrected chi connectivity index (χ2v) is 6.28. The molecule has 1 atom stereocenters. The molecular weight excluding hydrogens is 260 g/mol. The third-order valence-corrected chi connectivity index (χ3v) is 3.67. The molecule has 21 heavy (non-hydrogen) atoms. The van der Waals surface area contributed by atoms with Gasteiger partial charge in [0.25, 0.3) is 0 Å². The van der Waals surface area contributed by atoms with Crippen molar-refractivity contribution in [1.29, 1.82) is 0 Å². The van der Waals surface area contributed by atoms with Crippen molar-refractivity contribution >= 4 is 11.6 Å². The normalized spacial score (nSPS) is 12.4. The van der Waals surface area contributed by atoms with E-state index in [0.717, 1.165) is 18.5 Å². The topological polar surface area (TPSA) is 55.1 Å². The van der Waals surface area contributed by atoms with Crippen LogP contribution in [0.1, 0.15) is 52.0 Å². The number of carbonyl (C=O) groups is 1. The van der Waals surface area contributed by atoms with Crippen LogP contribution in [0, 0.1) is 11.8 Å². The smallest absolute Gasteiger partial charge is 0.224 e. The van der Waals surface area contributed by atoms with Gasteiger partial charge in [0.05, 0.1) is 0 Å². The average Bonchev–Trinajstić information content (AvgIpc) is 2.45. The Balaban J connectivity index is 2.46. The first-order chi connectivity index (χ1) is 10.0. The molecule has 0 saturated carbocycles. The minimum atomic E-state index is 0.0624. The molecule has 0 bridgehead atoms. The van der Waals surface area contributed by atoms with Gasteiger partial charge in [-0.2, -0.15) is 0 Å². The predicted octanol–water partition coefficient (Wildman–Crippen LogP) is 3.98. The lowest BCUT2D eigenvalue weighted by molar-refractivity contribution is -0.117. The molecule has 1 aromatic rings. The Hall–Kier alpha value is -1.35. The van der Waals surface area contributed by atoms with E-state index in [1.165, 1.54) is 18.4 Å². The van der Waals surface area contributed by atoms with Crippen LogP contribution < -0.4 is 11.1 Å². The molecule has 0 radical (unpaired) electrons. The van der Waals surface area contributed by atoms with E-state index in [9.17, 15) is 4.79 Å². The quantitative estimate of drug-likeness (QED) is 0.723. The summed E-state index contributed by atoms with van der Waals surface area (Å²) in [5, 5.41) is 2.97. The zero-order valence-corrected chi connectivity index (χ0v) is 13.7. The summed E-state index contributed by atoms with van der Waals surface area (Å²) >= 11 is 0. The highest BCUT2D eigenvalue weighted by Gasteiger charge is 2.14. The Morgan fingerprint density at radius 3 is 2.43 bits per heavy atom. The van der Waals surface area contributed by atoms with E-state index in [2.05, 4.69) is 38.2 Å². The van der Waals surface area contributed by atoms with Crippen LogP contribution in [0.25, 0.3) is 0 Å². The summed E-state index contributed by atoms with van der Waals surface area (Å²) in [7, 11) is 0. The van der Waals surface area contributed by atoms with E-state index in [1.54, 1.807) is 0 Å². The molecule has 1 aromatic carbocycles. The molecule has 1 amide bonds. The van der Waals surface area contributed by atoms with Gasteiger partial charge in [0.2, 0.25) is 5.91 Å². The van der Waals surface area contributed by atoms with Gasteiger partial charge in [-0.3, -0.25) is 4.79 Å². The van der Waals surface area contributed by atoms with Crippen molar-refractivity contribution in [2.75, 3.05) is 11.9 Å². The van der Waals surface area contributed by atoms with Crippen LogP contribution >= 0.6 is 0 Å². The largest absolute Gasteiger partial charge is 0.330 e. The number of unbranched alkanes of at least 4 members (excludes halogenated alkanes) is 1. The lowest BCUT2D eigenvalue weighted by Crippen LogP contribution is -2.23.